The molecule has 2 aliphatic carbocycles. The van der Waals surface area contributed by atoms with E-state index in [9.17, 15) is 4.79 Å². The molecule has 4 aromatic heterocycles. The molecule has 236 valence electrons. The number of ether oxygens (including phenoxy) is 1. The van der Waals surface area contributed by atoms with E-state index in [1.165, 1.54) is 12.8 Å². The highest BCUT2D eigenvalue weighted by Gasteiger charge is 2.47. The lowest BCUT2D eigenvalue weighted by Gasteiger charge is -2.27. The highest BCUT2D eigenvalue weighted by molar-refractivity contribution is 6.00. The second kappa shape index (κ2) is 10.8. The fraction of sp³-hybridized carbons (Fsp3) is 0.457. The van der Waals surface area contributed by atoms with E-state index < -0.39 is 0 Å². The minimum Gasteiger partial charge on any atom is -0.494 e. The van der Waals surface area contributed by atoms with Crippen LogP contribution in [0.3, 0.4) is 0 Å². The van der Waals surface area contributed by atoms with E-state index >= 15 is 0 Å². The highest BCUT2D eigenvalue weighted by atomic mass is 16.5. The number of fused-ring (bicyclic) bond motifs is 4. The summed E-state index contributed by atoms with van der Waals surface area (Å²) in [6, 6.07) is 10.4. The number of aromatic nitrogens is 6. The maximum Gasteiger partial charge on any atom is 0.254 e. The van der Waals surface area contributed by atoms with Crippen LogP contribution in [0.4, 0.5) is 5.82 Å². The van der Waals surface area contributed by atoms with E-state index in [-0.39, 0.29) is 18.0 Å². The van der Waals surface area contributed by atoms with Crippen LogP contribution in [-0.2, 0) is 13.1 Å². The van der Waals surface area contributed by atoms with Crippen LogP contribution in [0.2, 0.25) is 0 Å². The lowest BCUT2D eigenvalue weighted by Crippen LogP contribution is -2.41. The predicted octanol–water partition coefficient (Wildman–Crippen LogP) is 4.35. The fourth-order valence-electron chi connectivity index (χ4n) is 8.25. The number of rotatable bonds is 8. The normalized spacial score (nSPS) is 24.1. The van der Waals surface area contributed by atoms with Gasteiger partial charge in [-0.1, -0.05) is 0 Å². The molecule has 0 spiro atoms. The average molecular weight is 618 g/mol. The number of anilines is 1. The van der Waals surface area contributed by atoms with Crippen LogP contribution in [0, 0.1) is 17.8 Å². The third kappa shape index (κ3) is 4.54. The molecule has 2 aliphatic heterocycles. The van der Waals surface area contributed by atoms with Gasteiger partial charge in [-0.2, -0.15) is 0 Å². The monoisotopic (exact) mass is 617 g/mol. The molecule has 11 heteroatoms. The van der Waals surface area contributed by atoms with Gasteiger partial charge in [-0.3, -0.25) is 9.78 Å². The molecule has 6 heterocycles. The van der Waals surface area contributed by atoms with Crippen molar-refractivity contribution in [2.45, 2.75) is 57.3 Å². The number of nitrogens with zero attached hydrogens (tertiary/aromatic N) is 8. The molecule has 46 heavy (non-hydrogen) atoms. The minimum absolute atomic E-state index is 0.0152. The standard InChI is InChI=1S/C35H39N9O2/c1-46-29-15-25(35(45)43-20-24-6-7-27(43)31(24)36)13-26-32(29)44(19-22-8-12-41(17-22)30-16-37-10-11-38-30)34(40-26)28-14-23-3-2-9-39-33(23)42(28)18-21-4-5-21/h2-3,9-11,13-16,21-22,24,27,31H,4-8,12,17-20,36H2,1H3/t22-,24-,27-,31-/m1/s1. The van der Waals surface area contributed by atoms with Crippen LogP contribution in [0.25, 0.3) is 33.6 Å². The van der Waals surface area contributed by atoms with Gasteiger partial charge in [0.05, 0.1) is 24.5 Å². The summed E-state index contributed by atoms with van der Waals surface area (Å²) >= 11 is 0. The van der Waals surface area contributed by atoms with Crippen molar-refractivity contribution in [2.75, 3.05) is 31.6 Å². The second-order valence-electron chi connectivity index (χ2n) is 13.7. The SMILES string of the molecule is COc1cc(C(=O)N2C[C@H]3CC[C@@H]2[C@@H]3N)cc2nc(-c3cc4cccnc4n3CC3CC3)n(C[C@@H]3CCN(c4cnccn4)C3)c12. The molecule has 11 nitrogen and oxygen atoms in total. The molecule has 9 rings (SSSR count). The number of methoxy groups -OCH3 is 1. The third-order valence-corrected chi connectivity index (χ3v) is 10.8. The van der Waals surface area contributed by atoms with E-state index in [1.807, 2.05) is 35.5 Å². The summed E-state index contributed by atoms with van der Waals surface area (Å²) in [4.78, 5) is 37.2. The Kier molecular flexibility index (Phi) is 6.52. The summed E-state index contributed by atoms with van der Waals surface area (Å²) in [5, 5.41) is 1.11. The van der Waals surface area contributed by atoms with Gasteiger partial charge in [0.25, 0.3) is 5.91 Å². The maximum absolute atomic E-state index is 14.0. The molecule has 5 aromatic rings. The molecule has 4 aliphatic rings. The number of hydrogen-bond acceptors (Lipinski definition) is 8. The number of piperidine rings is 1. The van der Waals surface area contributed by atoms with E-state index in [0.717, 1.165) is 91.4 Å². The van der Waals surface area contributed by atoms with Gasteiger partial charge in [0.1, 0.15) is 22.7 Å². The summed E-state index contributed by atoms with van der Waals surface area (Å²) in [6.45, 7) is 4.20. The van der Waals surface area contributed by atoms with E-state index in [1.54, 1.807) is 19.5 Å². The first-order valence-electron chi connectivity index (χ1n) is 16.7. The molecule has 1 amide bonds. The summed E-state index contributed by atoms with van der Waals surface area (Å²) in [5.74, 6) is 3.89. The number of nitrogens with two attached hydrogens (primary N) is 1. The molecule has 2 saturated heterocycles. The Bertz CT molecular complexity index is 1950. The maximum atomic E-state index is 14.0. The molecule has 1 aromatic carbocycles. The van der Waals surface area contributed by atoms with Gasteiger partial charge in [0, 0.05) is 74.3 Å². The summed E-state index contributed by atoms with van der Waals surface area (Å²) in [7, 11) is 1.69. The first-order chi connectivity index (χ1) is 22.6. The molecule has 4 atom stereocenters. The number of benzene rings is 1. The van der Waals surface area contributed by atoms with Crippen molar-refractivity contribution in [3.8, 4) is 17.3 Å². The Labute approximate surface area is 267 Å². The Morgan fingerprint density at radius 3 is 2.63 bits per heavy atom. The van der Waals surface area contributed by atoms with Gasteiger partial charge in [0.2, 0.25) is 0 Å². The molecule has 2 N–H and O–H groups in total. The van der Waals surface area contributed by atoms with Crippen LogP contribution >= 0.6 is 0 Å². The molecular formula is C35H39N9O2. The van der Waals surface area contributed by atoms with Crippen molar-refractivity contribution in [3.63, 3.8) is 0 Å². The Hall–Kier alpha value is -4.51. The Morgan fingerprint density at radius 1 is 0.978 bits per heavy atom. The van der Waals surface area contributed by atoms with Crippen LogP contribution in [0.5, 0.6) is 5.75 Å². The van der Waals surface area contributed by atoms with E-state index in [0.29, 0.717) is 29.1 Å². The third-order valence-electron chi connectivity index (χ3n) is 10.8. The molecular weight excluding hydrogens is 578 g/mol. The van der Waals surface area contributed by atoms with Crippen molar-refractivity contribution in [1.82, 2.24) is 34.0 Å². The molecule has 2 bridgehead atoms. The van der Waals surface area contributed by atoms with Crippen molar-refractivity contribution in [3.05, 3.63) is 60.7 Å². The van der Waals surface area contributed by atoms with E-state index in [4.69, 9.17) is 20.4 Å². The predicted molar refractivity (Wildman–Crippen MR) is 176 cm³/mol. The van der Waals surface area contributed by atoms with Gasteiger partial charge in [-0.25, -0.2) is 15.0 Å². The van der Waals surface area contributed by atoms with Crippen LogP contribution < -0.4 is 15.4 Å². The van der Waals surface area contributed by atoms with Crippen LogP contribution in [0.1, 0.15) is 42.5 Å². The van der Waals surface area contributed by atoms with Gasteiger partial charge < -0.3 is 29.4 Å². The van der Waals surface area contributed by atoms with Crippen molar-refractivity contribution >= 4 is 33.8 Å². The number of pyridine rings is 1. The van der Waals surface area contributed by atoms with Crippen molar-refractivity contribution in [2.24, 2.45) is 23.5 Å². The van der Waals surface area contributed by atoms with Crippen LogP contribution in [-0.4, -0.2) is 78.7 Å². The molecule has 0 radical (unpaired) electrons. The van der Waals surface area contributed by atoms with Gasteiger partial charge in [-0.05, 0) is 80.2 Å². The van der Waals surface area contributed by atoms with Crippen LogP contribution in [0.15, 0.2) is 55.1 Å². The quantitative estimate of drug-likeness (QED) is 0.273. The summed E-state index contributed by atoms with van der Waals surface area (Å²) in [6.07, 6.45) is 12.8. The molecule has 4 fully saturated rings. The zero-order valence-corrected chi connectivity index (χ0v) is 26.1. The largest absolute Gasteiger partial charge is 0.494 e. The smallest absolute Gasteiger partial charge is 0.254 e. The summed E-state index contributed by atoms with van der Waals surface area (Å²) < 4.78 is 10.8. The summed E-state index contributed by atoms with van der Waals surface area (Å²) in [5.41, 5.74) is 10.8. The minimum atomic E-state index is 0.0152. The van der Waals surface area contributed by atoms with E-state index in [2.05, 4.69) is 36.1 Å². The lowest BCUT2D eigenvalue weighted by molar-refractivity contribution is 0.0700. The number of carbonyl (C=O) groups excluding carboxylic acids is 1. The zero-order chi connectivity index (χ0) is 30.9. The number of amides is 1. The number of hydrogen-bond donors (Lipinski definition) is 1. The van der Waals surface area contributed by atoms with Gasteiger partial charge in [0.15, 0.2) is 5.82 Å². The molecule has 2 saturated carbocycles. The topological polar surface area (TPSA) is 120 Å². The fourth-order valence-corrected chi connectivity index (χ4v) is 8.25. The average Bonchev–Trinajstić information content (AvgIpc) is 3.40. The highest BCUT2D eigenvalue weighted by Crippen LogP contribution is 2.41. The van der Waals surface area contributed by atoms with Gasteiger partial charge >= 0.3 is 0 Å². The first kappa shape index (κ1) is 27.8. The number of carbonyl (C=O) groups is 1. The first-order valence-corrected chi connectivity index (χ1v) is 16.7. The van der Waals surface area contributed by atoms with Gasteiger partial charge in [-0.15, -0.1) is 0 Å². The second-order valence-corrected chi connectivity index (χ2v) is 13.7. The van der Waals surface area contributed by atoms with Crippen molar-refractivity contribution in [1.29, 1.82) is 0 Å². The van der Waals surface area contributed by atoms with Crippen molar-refractivity contribution < 1.29 is 9.53 Å². The Morgan fingerprint density at radius 2 is 1.87 bits per heavy atom. The molecule has 0 unspecified atom stereocenters. The Balaban J connectivity index is 1.16. The number of likely N-dealkylation sites (tertiary alicyclic amines) is 1. The zero-order valence-electron chi connectivity index (χ0n) is 26.1. The lowest BCUT2D eigenvalue weighted by atomic mass is 10.1. The number of imidazole rings is 1.